The molecule has 1 heterocycles. The van der Waals surface area contributed by atoms with Crippen molar-refractivity contribution in [2.24, 2.45) is 0 Å². The van der Waals surface area contributed by atoms with Crippen molar-refractivity contribution in [1.29, 1.82) is 0 Å². The number of nitrogens with one attached hydrogen (secondary N) is 2. The van der Waals surface area contributed by atoms with E-state index in [0.717, 1.165) is 11.3 Å². The van der Waals surface area contributed by atoms with E-state index in [0.29, 0.717) is 25.8 Å². The summed E-state index contributed by atoms with van der Waals surface area (Å²) in [5.41, 5.74) is 1.85. The van der Waals surface area contributed by atoms with Crippen molar-refractivity contribution in [3.05, 3.63) is 60.2 Å². The molecular formula is C18H22N4O3. The fourth-order valence-electron chi connectivity index (χ4n) is 2.42. The highest BCUT2D eigenvalue weighted by Crippen LogP contribution is 2.08. The first-order valence-electron chi connectivity index (χ1n) is 8.18. The molecule has 3 N–H and O–H groups in total. The summed E-state index contributed by atoms with van der Waals surface area (Å²) in [6, 6.07) is 9.13. The Balaban J connectivity index is 1.82. The summed E-state index contributed by atoms with van der Waals surface area (Å²) in [5, 5.41) is 14.5. The summed E-state index contributed by atoms with van der Waals surface area (Å²) >= 11 is 0. The van der Waals surface area contributed by atoms with Gasteiger partial charge < -0.3 is 15.7 Å². The van der Waals surface area contributed by atoms with Crippen molar-refractivity contribution >= 4 is 12.0 Å². The van der Waals surface area contributed by atoms with Crippen LogP contribution in [-0.2, 0) is 17.6 Å². The molecule has 7 heteroatoms. The lowest BCUT2D eigenvalue weighted by Gasteiger charge is -2.18. The van der Waals surface area contributed by atoms with Gasteiger partial charge in [0.2, 0.25) is 0 Å². The molecule has 7 nitrogen and oxygen atoms in total. The predicted molar refractivity (Wildman–Crippen MR) is 93.1 cm³/mol. The fraction of sp³-hybridized carbons (Fsp3) is 0.333. The summed E-state index contributed by atoms with van der Waals surface area (Å²) in [5.74, 6) is -0.872. The third kappa shape index (κ3) is 7.43. The molecule has 0 spiro atoms. The second-order valence-corrected chi connectivity index (χ2v) is 5.67. The van der Waals surface area contributed by atoms with E-state index < -0.39 is 5.97 Å². The minimum absolute atomic E-state index is 0.0113. The Labute approximate surface area is 146 Å². The second kappa shape index (κ2) is 10.0. The number of hydrogen-bond donors (Lipinski definition) is 3. The molecule has 1 atom stereocenters. The third-order valence-corrected chi connectivity index (χ3v) is 3.65. The molecule has 0 aliphatic carbocycles. The number of aliphatic carboxylic acids is 1. The molecule has 0 aliphatic heterocycles. The van der Waals surface area contributed by atoms with Gasteiger partial charge in [-0.2, -0.15) is 0 Å². The number of carboxylic acid groups (broad SMARTS) is 1. The van der Waals surface area contributed by atoms with Gasteiger partial charge in [0.15, 0.2) is 0 Å². The lowest BCUT2D eigenvalue weighted by atomic mass is 10.0. The van der Waals surface area contributed by atoms with E-state index in [2.05, 4.69) is 20.6 Å². The molecule has 0 bridgehead atoms. The van der Waals surface area contributed by atoms with Crippen molar-refractivity contribution < 1.29 is 14.7 Å². The van der Waals surface area contributed by atoms with Gasteiger partial charge in [0.1, 0.15) is 0 Å². The molecule has 1 aromatic heterocycles. The molecule has 1 aromatic carbocycles. The zero-order chi connectivity index (χ0) is 17.9. The van der Waals surface area contributed by atoms with E-state index in [4.69, 9.17) is 5.11 Å². The third-order valence-electron chi connectivity index (χ3n) is 3.65. The average molecular weight is 342 g/mol. The lowest BCUT2D eigenvalue weighted by molar-refractivity contribution is -0.137. The minimum Gasteiger partial charge on any atom is -0.481 e. The number of rotatable bonds is 9. The van der Waals surface area contributed by atoms with Gasteiger partial charge in [0, 0.05) is 44.0 Å². The van der Waals surface area contributed by atoms with Gasteiger partial charge in [-0.05, 0) is 18.4 Å². The topological polar surface area (TPSA) is 104 Å². The van der Waals surface area contributed by atoms with Crippen molar-refractivity contribution in [1.82, 2.24) is 20.6 Å². The second-order valence-electron chi connectivity index (χ2n) is 5.67. The standard InChI is InChI=1S/C18H22N4O3/c23-17(24)7-6-15(12-14-4-2-1-3-5-14)22-18(25)21-9-8-16-13-19-10-11-20-16/h1-5,10-11,13,15H,6-9,12H2,(H,23,24)(H2,21,22,25). The highest BCUT2D eigenvalue weighted by Gasteiger charge is 2.14. The molecule has 25 heavy (non-hydrogen) atoms. The van der Waals surface area contributed by atoms with E-state index in [1.807, 2.05) is 30.3 Å². The van der Waals surface area contributed by atoms with Crippen LogP contribution >= 0.6 is 0 Å². The smallest absolute Gasteiger partial charge is 0.315 e. The van der Waals surface area contributed by atoms with E-state index in [-0.39, 0.29) is 18.5 Å². The van der Waals surface area contributed by atoms with Crippen LogP contribution in [0.5, 0.6) is 0 Å². The zero-order valence-electron chi connectivity index (χ0n) is 13.9. The van der Waals surface area contributed by atoms with Crippen LogP contribution in [0, 0.1) is 0 Å². The Morgan fingerprint density at radius 1 is 1.16 bits per heavy atom. The largest absolute Gasteiger partial charge is 0.481 e. The normalized spacial score (nSPS) is 11.5. The van der Waals surface area contributed by atoms with Gasteiger partial charge in [0.05, 0.1) is 5.69 Å². The number of amides is 2. The van der Waals surface area contributed by atoms with E-state index >= 15 is 0 Å². The van der Waals surface area contributed by atoms with Crippen LogP contribution in [-0.4, -0.2) is 39.7 Å². The molecule has 0 saturated heterocycles. The highest BCUT2D eigenvalue weighted by molar-refractivity contribution is 5.74. The van der Waals surface area contributed by atoms with Crippen LogP contribution in [0.3, 0.4) is 0 Å². The molecule has 0 saturated carbocycles. The molecule has 2 rings (SSSR count). The number of urea groups is 1. The van der Waals surface area contributed by atoms with Gasteiger partial charge in [-0.3, -0.25) is 14.8 Å². The van der Waals surface area contributed by atoms with E-state index in [9.17, 15) is 9.59 Å². The maximum Gasteiger partial charge on any atom is 0.315 e. The zero-order valence-corrected chi connectivity index (χ0v) is 13.9. The Morgan fingerprint density at radius 2 is 1.96 bits per heavy atom. The number of benzene rings is 1. The van der Waals surface area contributed by atoms with Gasteiger partial charge in [-0.25, -0.2) is 4.79 Å². The first-order chi connectivity index (χ1) is 12.1. The predicted octanol–water partition coefficient (Wildman–Crippen LogP) is 1.79. The molecule has 132 valence electrons. The Morgan fingerprint density at radius 3 is 2.64 bits per heavy atom. The molecular weight excluding hydrogens is 320 g/mol. The van der Waals surface area contributed by atoms with Gasteiger partial charge in [-0.1, -0.05) is 30.3 Å². The summed E-state index contributed by atoms with van der Waals surface area (Å²) in [6.45, 7) is 0.432. The summed E-state index contributed by atoms with van der Waals surface area (Å²) in [6.07, 6.45) is 6.42. The Bertz CT molecular complexity index is 665. The van der Waals surface area contributed by atoms with Crippen LogP contribution in [0.2, 0.25) is 0 Å². The number of hydrogen-bond acceptors (Lipinski definition) is 4. The number of nitrogens with zero attached hydrogens (tertiary/aromatic N) is 2. The van der Waals surface area contributed by atoms with Crippen LogP contribution in [0.25, 0.3) is 0 Å². The molecule has 1 unspecified atom stereocenters. The molecule has 2 aromatic rings. The Kier molecular flexibility index (Phi) is 7.37. The number of carbonyl (C=O) groups excluding carboxylic acids is 1. The minimum atomic E-state index is -0.872. The van der Waals surface area contributed by atoms with E-state index in [1.165, 1.54) is 0 Å². The van der Waals surface area contributed by atoms with Crippen molar-refractivity contribution in [3.8, 4) is 0 Å². The number of carbonyl (C=O) groups is 2. The summed E-state index contributed by atoms with van der Waals surface area (Å²) < 4.78 is 0. The van der Waals surface area contributed by atoms with Crippen LogP contribution in [0.15, 0.2) is 48.9 Å². The average Bonchev–Trinajstić information content (AvgIpc) is 2.61. The monoisotopic (exact) mass is 342 g/mol. The maximum absolute atomic E-state index is 12.1. The van der Waals surface area contributed by atoms with Gasteiger partial charge in [0.25, 0.3) is 0 Å². The van der Waals surface area contributed by atoms with E-state index in [1.54, 1.807) is 18.6 Å². The number of aromatic nitrogens is 2. The first-order valence-corrected chi connectivity index (χ1v) is 8.18. The van der Waals surface area contributed by atoms with Crippen LogP contribution in [0.1, 0.15) is 24.1 Å². The quantitative estimate of drug-likeness (QED) is 0.644. The van der Waals surface area contributed by atoms with Crippen LogP contribution in [0.4, 0.5) is 4.79 Å². The molecule has 2 amide bonds. The highest BCUT2D eigenvalue weighted by atomic mass is 16.4. The van der Waals surface area contributed by atoms with Crippen molar-refractivity contribution in [2.75, 3.05) is 6.54 Å². The molecule has 0 aliphatic rings. The summed E-state index contributed by atoms with van der Waals surface area (Å²) in [4.78, 5) is 31.0. The van der Waals surface area contributed by atoms with Crippen molar-refractivity contribution in [2.45, 2.75) is 31.7 Å². The summed E-state index contributed by atoms with van der Waals surface area (Å²) in [7, 11) is 0. The van der Waals surface area contributed by atoms with Gasteiger partial charge in [-0.15, -0.1) is 0 Å². The first kappa shape index (κ1) is 18.4. The maximum atomic E-state index is 12.1. The lowest BCUT2D eigenvalue weighted by Crippen LogP contribution is -2.44. The van der Waals surface area contributed by atoms with Crippen molar-refractivity contribution in [3.63, 3.8) is 0 Å². The Hall–Kier alpha value is -2.96. The molecule has 0 radical (unpaired) electrons. The van der Waals surface area contributed by atoms with Gasteiger partial charge >= 0.3 is 12.0 Å². The SMILES string of the molecule is O=C(O)CCC(Cc1ccccc1)NC(=O)NCCc1cnccn1. The fourth-order valence-corrected chi connectivity index (χ4v) is 2.42. The molecule has 0 fully saturated rings. The van der Waals surface area contributed by atoms with Crippen LogP contribution < -0.4 is 10.6 Å². The number of carboxylic acids is 1.